The van der Waals surface area contributed by atoms with Crippen molar-refractivity contribution >= 4 is 11.8 Å². The van der Waals surface area contributed by atoms with Crippen LogP contribution in [-0.2, 0) is 14.3 Å². The second kappa shape index (κ2) is 6.04. The van der Waals surface area contributed by atoms with Gasteiger partial charge >= 0.3 is 11.7 Å². The molecule has 110 valence electrons. The lowest BCUT2D eigenvalue weighted by molar-refractivity contribution is -0.152. The van der Waals surface area contributed by atoms with E-state index in [1.165, 1.54) is 4.57 Å². The van der Waals surface area contributed by atoms with E-state index in [9.17, 15) is 9.59 Å². The molecule has 2 heterocycles. The van der Waals surface area contributed by atoms with Gasteiger partial charge in [-0.15, -0.1) is 0 Å². The SMILES string of the molecule is CC(C)C(=O)OC[C@@H]1CC[C@H](n2ccc(N)nc2=O)O1. The van der Waals surface area contributed by atoms with Gasteiger partial charge in [0.2, 0.25) is 0 Å². The van der Waals surface area contributed by atoms with Crippen LogP contribution in [0.1, 0.15) is 32.9 Å². The van der Waals surface area contributed by atoms with Crippen LogP contribution in [0.15, 0.2) is 17.1 Å². The van der Waals surface area contributed by atoms with Gasteiger partial charge in [-0.3, -0.25) is 9.36 Å². The van der Waals surface area contributed by atoms with E-state index in [2.05, 4.69) is 4.98 Å². The maximum Gasteiger partial charge on any atom is 0.351 e. The highest BCUT2D eigenvalue weighted by molar-refractivity contribution is 5.71. The fraction of sp³-hybridized carbons (Fsp3) is 0.615. The summed E-state index contributed by atoms with van der Waals surface area (Å²) in [6.07, 6.45) is 2.41. The molecule has 2 atom stereocenters. The molecule has 0 radical (unpaired) electrons. The van der Waals surface area contributed by atoms with Crippen molar-refractivity contribution in [3.63, 3.8) is 0 Å². The Morgan fingerprint density at radius 2 is 2.35 bits per heavy atom. The molecule has 1 aromatic rings. The number of ether oxygens (including phenoxy) is 2. The van der Waals surface area contributed by atoms with Gasteiger partial charge in [0.1, 0.15) is 18.7 Å². The number of nitrogens with zero attached hydrogens (tertiary/aromatic N) is 2. The predicted octanol–water partition coefficient (Wildman–Crippen LogP) is 0.702. The molecule has 1 aliphatic rings. The lowest BCUT2D eigenvalue weighted by Gasteiger charge is -2.16. The Morgan fingerprint density at radius 1 is 1.60 bits per heavy atom. The summed E-state index contributed by atoms with van der Waals surface area (Å²) >= 11 is 0. The van der Waals surface area contributed by atoms with Crippen molar-refractivity contribution in [3.05, 3.63) is 22.7 Å². The van der Waals surface area contributed by atoms with E-state index in [0.717, 1.165) is 6.42 Å². The zero-order valence-corrected chi connectivity index (χ0v) is 11.6. The number of hydrogen-bond acceptors (Lipinski definition) is 6. The van der Waals surface area contributed by atoms with Crippen LogP contribution in [0.5, 0.6) is 0 Å². The number of rotatable bonds is 4. The van der Waals surface area contributed by atoms with Crippen molar-refractivity contribution in [2.45, 2.75) is 39.0 Å². The van der Waals surface area contributed by atoms with Crippen molar-refractivity contribution in [1.82, 2.24) is 9.55 Å². The number of nitrogens with two attached hydrogens (primary N) is 1. The van der Waals surface area contributed by atoms with Gasteiger partial charge in [-0.1, -0.05) is 13.8 Å². The molecule has 0 spiro atoms. The minimum Gasteiger partial charge on any atom is -0.463 e. The Bertz CT molecular complexity index is 541. The third-order valence-corrected chi connectivity index (χ3v) is 3.13. The summed E-state index contributed by atoms with van der Waals surface area (Å²) in [6.45, 7) is 3.77. The number of hydrogen-bond donors (Lipinski definition) is 1. The molecule has 7 heteroatoms. The quantitative estimate of drug-likeness (QED) is 0.816. The average molecular weight is 281 g/mol. The first kappa shape index (κ1) is 14.5. The molecule has 1 aromatic heterocycles. The minimum atomic E-state index is -0.435. The molecule has 0 saturated carbocycles. The van der Waals surface area contributed by atoms with Gasteiger partial charge in [-0.2, -0.15) is 4.98 Å². The lowest BCUT2D eigenvalue weighted by Crippen LogP contribution is -2.28. The second-order valence-electron chi connectivity index (χ2n) is 5.12. The molecule has 2 N–H and O–H groups in total. The van der Waals surface area contributed by atoms with Gasteiger partial charge in [-0.25, -0.2) is 4.79 Å². The highest BCUT2D eigenvalue weighted by atomic mass is 16.6. The van der Waals surface area contributed by atoms with E-state index in [0.29, 0.717) is 6.42 Å². The van der Waals surface area contributed by atoms with Gasteiger partial charge in [0.25, 0.3) is 0 Å². The van der Waals surface area contributed by atoms with Gasteiger partial charge in [0, 0.05) is 6.20 Å². The molecular weight excluding hydrogens is 262 g/mol. The van der Waals surface area contributed by atoms with Crippen LogP contribution in [0.3, 0.4) is 0 Å². The number of esters is 1. The van der Waals surface area contributed by atoms with Crippen molar-refractivity contribution < 1.29 is 14.3 Å². The highest BCUT2D eigenvalue weighted by Crippen LogP contribution is 2.27. The summed E-state index contributed by atoms with van der Waals surface area (Å²) in [7, 11) is 0. The fourth-order valence-corrected chi connectivity index (χ4v) is 2.00. The Morgan fingerprint density at radius 3 is 3.00 bits per heavy atom. The third-order valence-electron chi connectivity index (χ3n) is 3.13. The topological polar surface area (TPSA) is 96.4 Å². The summed E-state index contributed by atoms with van der Waals surface area (Å²) in [5, 5.41) is 0. The molecule has 2 rings (SSSR count). The maximum absolute atomic E-state index is 11.7. The van der Waals surface area contributed by atoms with Crippen molar-refractivity contribution in [1.29, 1.82) is 0 Å². The standard InChI is InChI=1S/C13H19N3O4/c1-8(2)12(17)19-7-9-3-4-11(20-9)16-6-5-10(14)15-13(16)18/h5-6,8-9,11H,3-4,7H2,1-2H3,(H2,14,15,18)/t9-,11+/m0/s1. The largest absolute Gasteiger partial charge is 0.463 e. The molecule has 1 aliphatic heterocycles. The van der Waals surface area contributed by atoms with E-state index >= 15 is 0 Å². The summed E-state index contributed by atoms with van der Waals surface area (Å²) in [4.78, 5) is 26.7. The smallest absolute Gasteiger partial charge is 0.351 e. The molecule has 1 saturated heterocycles. The lowest BCUT2D eigenvalue weighted by atomic mass is 10.2. The van der Waals surface area contributed by atoms with E-state index in [4.69, 9.17) is 15.2 Å². The molecule has 0 aliphatic carbocycles. The monoisotopic (exact) mass is 281 g/mol. The normalized spacial score (nSPS) is 22.1. The van der Waals surface area contributed by atoms with Crippen LogP contribution in [0.4, 0.5) is 5.82 Å². The summed E-state index contributed by atoms with van der Waals surface area (Å²) in [5.74, 6) is -0.217. The summed E-state index contributed by atoms with van der Waals surface area (Å²) in [5.41, 5.74) is 5.00. The van der Waals surface area contributed by atoms with Gasteiger partial charge in [-0.05, 0) is 18.9 Å². The first-order valence-electron chi connectivity index (χ1n) is 6.64. The van der Waals surface area contributed by atoms with E-state index in [-0.39, 0.29) is 36.6 Å². The van der Waals surface area contributed by atoms with Gasteiger partial charge in [0.05, 0.1) is 12.0 Å². The van der Waals surface area contributed by atoms with Crippen LogP contribution in [0.2, 0.25) is 0 Å². The van der Waals surface area contributed by atoms with Gasteiger partial charge in [0.15, 0.2) is 0 Å². The summed E-state index contributed by atoms with van der Waals surface area (Å²) in [6, 6.07) is 1.55. The molecule has 20 heavy (non-hydrogen) atoms. The van der Waals surface area contributed by atoms with Crippen LogP contribution in [-0.4, -0.2) is 28.2 Å². The van der Waals surface area contributed by atoms with Crippen LogP contribution < -0.4 is 11.4 Å². The number of carbonyl (C=O) groups excluding carboxylic acids is 1. The molecule has 0 amide bonds. The Labute approximate surface area is 116 Å². The zero-order chi connectivity index (χ0) is 14.7. The van der Waals surface area contributed by atoms with Crippen LogP contribution in [0.25, 0.3) is 0 Å². The average Bonchev–Trinajstić information content (AvgIpc) is 2.84. The van der Waals surface area contributed by atoms with Gasteiger partial charge < -0.3 is 15.2 Å². The number of anilines is 1. The number of nitrogen functional groups attached to an aromatic ring is 1. The third kappa shape index (κ3) is 3.36. The Kier molecular flexibility index (Phi) is 4.39. The predicted molar refractivity (Wildman–Crippen MR) is 71.9 cm³/mol. The number of carbonyl (C=O) groups is 1. The Balaban J connectivity index is 1.92. The van der Waals surface area contributed by atoms with E-state index < -0.39 is 5.69 Å². The molecule has 0 aromatic carbocycles. The fourth-order valence-electron chi connectivity index (χ4n) is 2.00. The molecular formula is C13H19N3O4. The maximum atomic E-state index is 11.7. The minimum absolute atomic E-state index is 0.156. The first-order valence-corrected chi connectivity index (χ1v) is 6.64. The molecule has 7 nitrogen and oxygen atoms in total. The highest BCUT2D eigenvalue weighted by Gasteiger charge is 2.28. The van der Waals surface area contributed by atoms with Crippen LogP contribution in [0, 0.1) is 5.92 Å². The zero-order valence-electron chi connectivity index (χ0n) is 11.6. The van der Waals surface area contributed by atoms with Crippen molar-refractivity contribution in [3.8, 4) is 0 Å². The molecule has 1 fully saturated rings. The second-order valence-corrected chi connectivity index (χ2v) is 5.12. The number of aromatic nitrogens is 2. The first-order chi connectivity index (χ1) is 9.47. The summed E-state index contributed by atoms with van der Waals surface area (Å²) < 4.78 is 12.2. The van der Waals surface area contributed by atoms with Crippen molar-refractivity contribution in [2.75, 3.05) is 12.3 Å². The van der Waals surface area contributed by atoms with E-state index in [1.54, 1.807) is 26.1 Å². The molecule has 0 unspecified atom stereocenters. The van der Waals surface area contributed by atoms with E-state index in [1.807, 2.05) is 0 Å². The van der Waals surface area contributed by atoms with Crippen molar-refractivity contribution in [2.24, 2.45) is 5.92 Å². The molecule has 0 bridgehead atoms. The Hall–Kier alpha value is -1.89. The van der Waals surface area contributed by atoms with Crippen LogP contribution >= 0.6 is 0 Å².